The van der Waals surface area contributed by atoms with E-state index in [1.165, 1.54) is 32.6 Å². The van der Waals surface area contributed by atoms with E-state index in [4.69, 9.17) is 4.98 Å². The van der Waals surface area contributed by atoms with Gasteiger partial charge in [0.15, 0.2) is 0 Å². The summed E-state index contributed by atoms with van der Waals surface area (Å²) in [6, 6.07) is 23.6. The van der Waals surface area contributed by atoms with Crippen LogP contribution in [0.2, 0.25) is 0 Å². The lowest BCUT2D eigenvalue weighted by Gasteiger charge is -2.11. The Hall–Kier alpha value is -2.91. The number of fused-ring (bicyclic) bond motifs is 1. The van der Waals surface area contributed by atoms with Crippen molar-refractivity contribution in [1.29, 1.82) is 0 Å². The van der Waals surface area contributed by atoms with E-state index in [-0.39, 0.29) is 0 Å². The zero-order valence-electron chi connectivity index (χ0n) is 15.8. The first kappa shape index (κ1) is 17.5. The maximum absolute atomic E-state index is 4.77. The standard InChI is InChI=1S/C24H22N2S/c1-17-4-15-22-23(16-17)27-24(25-22)20-11-7-18(8-12-20)5-6-19-9-13-21(14-10-19)26(2)3/h4-16H,1-3H3/b6-5+. The summed E-state index contributed by atoms with van der Waals surface area (Å²) in [5.41, 5.74) is 7.12. The average molecular weight is 371 g/mol. The molecule has 134 valence electrons. The van der Waals surface area contributed by atoms with Crippen LogP contribution < -0.4 is 4.90 Å². The van der Waals surface area contributed by atoms with Crippen LogP contribution in [0.15, 0.2) is 66.7 Å². The van der Waals surface area contributed by atoms with E-state index in [0.717, 1.165) is 10.5 Å². The van der Waals surface area contributed by atoms with E-state index < -0.39 is 0 Å². The van der Waals surface area contributed by atoms with Crippen molar-refractivity contribution in [3.63, 3.8) is 0 Å². The smallest absolute Gasteiger partial charge is 0.124 e. The van der Waals surface area contributed by atoms with Crippen molar-refractivity contribution in [2.24, 2.45) is 0 Å². The Morgan fingerprint density at radius 3 is 2.07 bits per heavy atom. The van der Waals surface area contributed by atoms with Gasteiger partial charge in [0.1, 0.15) is 5.01 Å². The van der Waals surface area contributed by atoms with Gasteiger partial charge in [-0.25, -0.2) is 4.98 Å². The van der Waals surface area contributed by atoms with Crippen LogP contribution in [-0.4, -0.2) is 19.1 Å². The molecule has 0 saturated heterocycles. The number of aryl methyl sites for hydroxylation is 1. The summed E-state index contributed by atoms with van der Waals surface area (Å²) >= 11 is 1.75. The minimum atomic E-state index is 1.07. The van der Waals surface area contributed by atoms with E-state index in [0.29, 0.717) is 0 Å². The Morgan fingerprint density at radius 2 is 1.44 bits per heavy atom. The lowest BCUT2D eigenvalue weighted by atomic mass is 10.1. The molecule has 4 aromatic rings. The molecule has 0 N–H and O–H groups in total. The van der Waals surface area contributed by atoms with Gasteiger partial charge in [-0.2, -0.15) is 0 Å². The third-order valence-electron chi connectivity index (χ3n) is 4.58. The van der Waals surface area contributed by atoms with Crippen molar-refractivity contribution in [2.45, 2.75) is 6.92 Å². The summed E-state index contributed by atoms with van der Waals surface area (Å²) in [5.74, 6) is 0. The van der Waals surface area contributed by atoms with Gasteiger partial charge in [0.05, 0.1) is 10.2 Å². The van der Waals surface area contributed by atoms with E-state index in [9.17, 15) is 0 Å². The predicted octanol–water partition coefficient (Wildman–Crippen LogP) is 6.51. The molecule has 0 aliphatic carbocycles. The van der Waals surface area contributed by atoms with Crippen molar-refractivity contribution >= 4 is 39.4 Å². The number of benzene rings is 3. The van der Waals surface area contributed by atoms with Gasteiger partial charge in [-0.1, -0.05) is 54.6 Å². The highest BCUT2D eigenvalue weighted by Crippen LogP contribution is 2.31. The second-order valence-corrected chi connectivity index (χ2v) is 7.96. The maximum Gasteiger partial charge on any atom is 0.124 e. The minimum absolute atomic E-state index is 1.07. The van der Waals surface area contributed by atoms with Crippen LogP contribution in [0.5, 0.6) is 0 Å². The first-order chi connectivity index (χ1) is 13.1. The zero-order valence-corrected chi connectivity index (χ0v) is 16.6. The summed E-state index contributed by atoms with van der Waals surface area (Å²) < 4.78 is 1.25. The Kier molecular flexibility index (Phi) is 4.78. The number of hydrogen-bond donors (Lipinski definition) is 0. The fourth-order valence-electron chi connectivity index (χ4n) is 2.97. The van der Waals surface area contributed by atoms with Gasteiger partial charge in [-0.05, 0) is 47.9 Å². The van der Waals surface area contributed by atoms with E-state index in [1.54, 1.807) is 11.3 Å². The summed E-state index contributed by atoms with van der Waals surface area (Å²) in [5, 5.41) is 1.07. The Balaban J connectivity index is 1.52. The van der Waals surface area contributed by atoms with Crippen molar-refractivity contribution in [3.05, 3.63) is 83.4 Å². The SMILES string of the molecule is Cc1ccc2nc(-c3ccc(/C=C/c4ccc(N(C)C)cc4)cc3)sc2c1. The highest BCUT2D eigenvalue weighted by atomic mass is 32.1. The third kappa shape index (κ3) is 3.93. The normalized spacial score (nSPS) is 11.4. The quantitative estimate of drug-likeness (QED) is 0.381. The summed E-state index contributed by atoms with van der Waals surface area (Å²) in [4.78, 5) is 6.87. The molecule has 1 heterocycles. The van der Waals surface area contributed by atoms with Crippen molar-refractivity contribution in [3.8, 4) is 10.6 Å². The first-order valence-corrected chi connectivity index (χ1v) is 9.83. The highest BCUT2D eigenvalue weighted by Gasteiger charge is 2.06. The van der Waals surface area contributed by atoms with Crippen molar-refractivity contribution in [1.82, 2.24) is 4.98 Å². The van der Waals surface area contributed by atoms with Crippen LogP contribution in [0.3, 0.4) is 0 Å². The third-order valence-corrected chi connectivity index (χ3v) is 5.65. The molecule has 3 aromatic carbocycles. The molecule has 3 heteroatoms. The number of anilines is 1. The second kappa shape index (κ2) is 7.37. The van der Waals surface area contributed by atoms with E-state index in [1.807, 2.05) is 0 Å². The Bertz CT molecular complexity index is 1090. The lowest BCUT2D eigenvalue weighted by molar-refractivity contribution is 1.13. The highest BCUT2D eigenvalue weighted by molar-refractivity contribution is 7.21. The molecule has 0 fully saturated rings. The molecule has 0 bridgehead atoms. The van der Waals surface area contributed by atoms with Crippen LogP contribution in [0, 0.1) is 6.92 Å². The molecule has 4 rings (SSSR count). The maximum atomic E-state index is 4.77. The summed E-state index contributed by atoms with van der Waals surface area (Å²) in [6.07, 6.45) is 4.30. The van der Waals surface area contributed by atoms with Crippen LogP contribution in [0.25, 0.3) is 32.9 Å². The summed E-state index contributed by atoms with van der Waals surface area (Å²) in [7, 11) is 4.11. The predicted molar refractivity (Wildman–Crippen MR) is 119 cm³/mol. The molecule has 0 spiro atoms. The second-order valence-electron chi connectivity index (χ2n) is 6.93. The van der Waals surface area contributed by atoms with Crippen molar-refractivity contribution in [2.75, 3.05) is 19.0 Å². The lowest BCUT2D eigenvalue weighted by Crippen LogP contribution is -2.07. The van der Waals surface area contributed by atoms with Crippen LogP contribution >= 0.6 is 11.3 Å². The van der Waals surface area contributed by atoms with Gasteiger partial charge < -0.3 is 4.90 Å². The van der Waals surface area contributed by atoms with Gasteiger partial charge in [0.25, 0.3) is 0 Å². The number of hydrogen-bond acceptors (Lipinski definition) is 3. The number of nitrogens with zero attached hydrogens (tertiary/aromatic N) is 2. The number of rotatable bonds is 4. The van der Waals surface area contributed by atoms with E-state index in [2.05, 4.69) is 105 Å². The largest absolute Gasteiger partial charge is 0.378 e. The van der Waals surface area contributed by atoms with Crippen LogP contribution in [0.4, 0.5) is 5.69 Å². The molecule has 0 unspecified atom stereocenters. The van der Waals surface area contributed by atoms with Crippen LogP contribution in [0.1, 0.15) is 16.7 Å². The summed E-state index contributed by atoms with van der Waals surface area (Å²) in [6.45, 7) is 2.12. The monoisotopic (exact) mass is 370 g/mol. The van der Waals surface area contributed by atoms with Gasteiger partial charge in [-0.3, -0.25) is 0 Å². The minimum Gasteiger partial charge on any atom is -0.378 e. The first-order valence-electron chi connectivity index (χ1n) is 9.01. The molecule has 0 aliphatic rings. The fourth-order valence-corrected chi connectivity index (χ4v) is 4.04. The molecule has 0 saturated carbocycles. The molecule has 0 atom stereocenters. The molecule has 0 aliphatic heterocycles. The molecule has 2 nitrogen and oxygen atoms in total. The molecular weight excluding hydrogens is 348 g/mol. The molecular formula is C24H22N2S. The topological polar surface area (TPSA) is 16.1 Å². The van der Waals surface area contributed by atoms with E-state index >= 15 is 0 Å². The van der Waals surface area contributed by atoms with Crippen LogP contribution in [-0.2, 0) is 0 Å². The molecule has 0 radical (unpaired) electrons. The van der Waals surface area contributed by atoms with Gasteiger partial charge >= 0.3 is 0 Å². The number of aromatic nitrogens is 1. The molecule has 0 amide bonds. The average Bonchev–Trinajstić information content (AvgIpc) is 3.10. The van der Waals surface area contributed by atoms with Gasteiger partial charge in [0.2, 0.25) is 0 Å². The fraction of sp³-hybridized carbons (Fsp3) is 0.125. The molecule has 1 aromatic heterocycles. The van der Waals surface area contributed by atoms with Gasteiger partial charge in [-0.15, -0.1) is 11.3 Å². The number of thiazole rings is 1. The Morgan fingerprint density at radius 1 is 0.815 bits per heavy atom. The van der Waals surface area contributed by atoms with Gasteiger partial charge in [0, 0.05) is 25.3 Å². The van der Waals surface area contributed by atoms with Crippen molar-refractivity contribution < 1.29 is 0 Å². The Labute approximate surface area is 164 Å². The molecule has 27 heavy (non-hydrogen) atoms. The zero-order chi connectivity index (χ0) is 18.8.